The maximum atomic E-state index is 4.97. The van der Waals surface area contributed by atoms with Crippen LogP contribution in [0.5, 0.6) is 0 Å². The zero-order valence-electron chi connectivity index (χ0n) is 46.1. The lowest BCUT2D eigenvalue weighted by Gasteiger charge is -2.02. The van der Waals surface area contributed by atoms with Crippen LogP contribution < -0.4 is 0 Å². The van der Waals surface area contributed by atoms with Crippen LogP contribution in [0.3, 0.4) is 0 Å². The van der Waals surface area contributed by atoms with Crippen LogP contribution in [0.15, 0.2) is 137 Å². The lowest BCUT2D eigenvalue weighted by molar-refractivity contribution is 0.668. The number of benzene rings is 2. The molecule has 0 N–H and O–H groups in total. The Morgan fingerprint density at radius 1 is 0.308 bits per heavy atom. The number of aryl methyl sites for hydroxylation is 4. The fourth-order valence-electron chi connectivity index (χ4n) is 10.4. The third-order valence-corrected chi connectivity index (χ3v) is 24.6. The van der Waals surface area contributed by atoms with Crippen molar-refractivity contribution in [1.82, 2.24) is 0 Å². The van der Waals surface area contributed by atoms with Crippen molar-refractivity contribution in [2.75, 3.05) is 0 Å². The molecule has 0 saturated carbocycles. The first-order valence-electron chi connectivity index (χ1n) is 29.0. The molecule has 404 valence electrons. The van der Waals surface area contributed by atoms with Crippen molar-refractivity contribution in [3.05, 3.63) is 160 Å². The highest BCUT2D eigenvalue weighted by molar-refractivity contribution is 7.30. The van der Waals surface area contributed by atoms with E-state index in [9.17, 15) is 0 Å². The van der Waals surface area contributed by atoms with E-state index in [2.05, 4.69) is 160 Å². The molecule has 2 aromatic carbocycles. The Kier molecular flexibility index (Phi) is 21.1. The monoisotopic (exact) mass is 1170 g/mol. The number of unbranched alkanes of at least 4 members (excludes halogenated alkanes) is 12. The molecule has 8 aromatic heterocycles. The van der Waals surface area contributed by atoms with Gasteiger partial charge in [0.05, 0.1) is 5.69 Å². The number of hydrogen-bond donors (Lipinski definition) is 0. The van der Waals surface area contributed by atoms with Crippen molar-refractivity contribution in [3.63, 3.8) is 0 Å². The molecule has 0 aliphatic heterocycles. The van der Waals surface area contributed by atoms with Gasteiger partial charge in [-0.05, 0) is 186 Å². The second kappa shape index (κ2) is 28.9. The van der Waals surface area contributed by atoms with Crippen molar-refractivity contribution >= 4 is 103 Å². The maximum absolute atomic E-state index is 4.97. The summed E-state index contributed by atoms with van der Waals surface area (Å²) in [5, 5.41) is 4.57. The fourth-order valence-corrected chi connectivity index (χ4v) is 19.5. The molecule has 0 atom stereocenters. The highest BCUT2D eigenvalue weighted by Gasteiger charge is 2.20. The second-order valence-electron chi connectivity index (χ2n) is 20.8. The first kappa shape index (κ1) is 57.0. The molecule has 0 radical (unpaired) electrons. The van der Waals surface area contributed by atoms with E-state index in [1.807, 2.05) is 96.9 Å². The molecule has 0 spiro atoms. The standard InChI is InChI=1S/C69H75NS8/c1-5-9-13-17-21-51-41-43-71-66(51)60-37-33-56(73-60)58-35-39-62(75-58)68-53(23-19-15-11-7-3)45-64(77-68)49-27-25-48(26-28-49)47-70-55-31-29-50(30-32-55)65-46-54(24-20-16-12-8-4)69(78-65)63-40-36-59(76-63)57-34-38-61(74-57)67-52(42-44-72-67)22-18-14-10-6-2/h25-47H,5-24H2,1-4H3/b70-47+. The van der Waals surface area contributed by atoms with Crippen LogP contribution in [0.4, 0.5) is 5.69 Å². The molecule has 10 aromatic rings. The van der Waals surface area contributed by atoms with Crippen molar-refractivity contribution in [3.8, 4) is 79.4 Å². The topological polar surface area (TPSA) is 12.4 Å². The summed E-state index contributed by atoms with van der Waals surface area (Å²) in [6.07, 6.45) is 27.3. The molecular formula is C69H75NS8. The van der Waals surface area contributed by atoms with Crippen LogP contribution in [0.2, 0.25) is 0 Å². The van der Waals surface area contributed by atoms with Crippen molar-refractivity contribution < 1.29 is 0 Å². The van der Waals surface area contributed by atoms with Gasteiger partial charge in [0.2, 0.25) is 0 Å². The molecule has 0 bridgehead atoms. The number of nitrogens with zero attached hydrogens (tertiary/aromatic N) is 1. The van der Waals surface area contributed by atoms with Gasteiger partial charge in [-0.3, -0.25) is 4.99 Å². The predicted octanol–water partition coefficient (Wildman–Crippen LogP) is 25.8. The van der Waals surface area contributed by atoms with Gasteiger partial charge in [0, 0.05) is 74.5 Å². The van der Waals surface area contributed by atoms with Crippen LogP contribution in [-0.4, -0.2) is 6.21 Å². The third-order valence-electron chi connectivity index (χ3n) is 14.8. The van der Waals surface area contributed by atoms with Gasteiger partial charge in [-0.2, -0.15) is 0 Å². The lowest BCUT2D eigenvalue weighted by atomic mass is 10.0. The zero-order chi connectivity index (χ0) is 53.5. The van der Waals surface area contributed by atoms with Gasteiger partial charge in [0.15, 0.2) is 0 Å². The first-order valence-corrected chi connectivity index (χ1v) is 35.7. The second-order valence-corrected chi connectivity index (χ2v) is 29.1. The molecule has 0 fully saturated rings. The quantitative estimate of drug-likeness (QED) is 0.0314. The van der Waals surface area contributed by atoms with Crippen LogP contribution in [-0.2, 0) is 25.7 Å². The molecule has 0 saturated heterocycles. The third kappa shape index (κ3) is 14.6. The maximum Gasteiger partial charge on any atom is 0.0630 e. The van der Waals surface area contributed by atoms with E-state index in [0.717, 1.165) is 24.1 Å². The minimum atomic E-state index is 0.975. The molecule has 0 unspecified atom stereocenters. The Labute approximate surface area is 498 Å². The van der Waals surface area contributed by atoms with E-state index in [-0.39, 0.29) is 0 Å². The summed E-state index contributed by atoms with van der Waals surface area (Å²) in [7, 11) is 0. The fraction of sp³-hybridized carbons (Fsp3) is 0.348. The predicted molar refractivity (Wildman–Crippen MR) is 358 cm³/mol. The van der Waals surface area contributed by atoms with E-state index in [1.165, 1.54) is 217 Å². The lowest BCUT2D eigenvalue weighted by Crippen LogP contribution is -1.85. The normalized spacial score (nSPS) is 11.8. The van der Waals surface area contributed by atoms with E-state index in [0.29, 0.717) is 0 Å². The summed E-state index contributed by atoms with van der Waals surface area (Å²) in [5.74, 6) is 0. The number of thiophene rings is 8. The smallest absolute Gasteiger partial charge is 0.0630 e. The SMILES string of the molecule is CCCCCCc1ccsc1-c1ccc(-c2ccc(-c3sc(-c4ccc(/C=N/c5ccc(-c6cc(CCCCCC)c(-c7ccc(-c8ccc(-c9sccc9CCCCCC)s8)s7)s6)cc5)cc4)cc3CCCCCC)s2)s1. The molecule has 10 rings (SSSR count). The first-order chi connectivity index (χ1) is 38.5. The zero-order valence-corrected chi connectivity index (χ0v) is 52.7. The van der Waals surface area contributed by atoms with Crippen LogP contribution >= 0.6 is 90.7 Å². The summed E-state index contributed by atoms with van der Waals surface area (Å²) >= 11 is 15.6. The van der Waals surface area contributed by atoms with Crippen molar-refractivity contribution in [1.29, 1.82) is 0 Å². The van der Waals surface area contributed by atoms with Gasteiger partial charge in [0.1, 0.15) is 0 Å². The average molecular weight is 1170 g/mol. The van der Waals surface area contributed by atoms with Crippen molar-refractivity contribution in [2.24, 2.45) is 4.99 Å². The van der Waals surface area contributed by atoms with Crippen LogP contribution in [0.25, 0.3) is 79.4 Å². The van der Waals surface area contributed by atoms with Crippen molar-refractivity contribution in [2.45, 2.75) is 156 Å². The minimum absolute atomic E-state index is 0.975. The molecule has 9 heteroatoms. The van der Waals surface area contributed by atoms with Gasteiger partial charge in [-0.25, -0.2) is 0 Å². The van der Waals surface area contributed by atoms with E-state index < -0.39 is 0 Å². The number of rotatable bonds is 30. The van der Waals surface area contributed by atoms with Gasteiger partial charge in [-0.1, -0.05) is 141 Å². The Balaban J connectivity index is 0.810. The molecular weight excluding hydrogens is 1100 g/mol. The average Bonchev–Trinajstić information content (AvgIpc) is 4.33. The molecule has 0 aliphatic carbocycles. The summed E-state index contributed by atoms with van der Waals surface area (Å²) in [6.45, 7) is 9.19. The molecule has 78 heavy (non-hydrogen) atoms. The Bertz CT molecular complexity index is 3190. The van der Waals surface area contributed by atoms with Crippen LogP contribution in [0.1, 0.15) is 158 Å². The summed E-state index contributed by atoms with van der Waals surface area (Å²) in [6, 6.07) is 46.5. The molecule has 0 aliphatic rings. The van der Waals surface area contributed by atoms with E-state index in [1.54, 1.807) is 0 Å². The highest BCUT2D eigenvalue weighted by Crippen LogP contribution is 2.49. The Morgan fingerprint density at radius 3 is 1.04 bits per heavy atom. The van der Waals surface area contributed by atoms with Crippen LogP contribution in [0, 0.1) is 0 Å². The molecule has 0 amide bonds. The van der Waals surface area contributed by atoms with Gasteiger partial charge < -0.3 is 0 Å². The molecule has 1 nitrogen and oxygen atoms in total. The van der Waals surface area contributed by atoms with Gasteiger partial charge in [-0.15, -0.1) is 90.7 Å². The van der Waals surface area contributed by atoms with Gasteiger partial charge in [0.25, 0.3) is 0 Å². The highest BCUT2D eigenvalue weighted by atomic mass is 32.1. The number of aliphatic imine (C=N–C) groups is 1. The van der Waals surface area contributed by atoms with E-state index >= 15 is 0 Å². The van der Waals surface area contributed by atoms with E-state index in [4.69, 9.17) is 4.99 Å². The Morgan fingerprint density at radius 2 is 0.654 bits per heavy atom. The minimum Gasteiger partial charge on any atom is -0.256 e. The largest absolute Gasteiger partial charge is 0.256 e. The number of hydrogen-bond acceptors (Lipinski definition) is 9. The summed E-state index contributed by atoms with van der Waals surface area (Å²) < 4.78 is 0. The molecule has 8 heterocycles. The Hall–Kier alpha value is -4.29. The van der Waals surface area contributed by atoms with Gasteiger partial charge >= 0.3 is 0 Å². The summed E-state index contributed by atoms with van der Waals surface area (Å²) in [5.41, 5.74) is 10.7. The summed E-state index contributed by atoms with van der Waals surface area (Å²) in [4.78, 5) is 24.6.